The third-order valence-electron chi connectivity index (χ3n) is 3.90. The second-order valence-electron chi connectivity index (χ2n) is 5.90. The number of amides is 4. The van der Waals surface area contributed by atoms with Gasteiger partial charge in [0.1, 0.15) is 6.04 Å². The van der Waals surface area contributed by atoms with Crippen molar-refractivity contribution in [3.8, 4) is 0 Å². The summed E-state index contributed by atoms with van der Waals surface area (Å²) in [4.78, 5) is 44.7. The SMILES string of the molecule is CNC(=O)CCCc1ccc(CNC(=O)[C@H](CCC(N)=O)NC=O)cc1. The Labute approximate surface area is 152 Å². The molecule has 0 aliphatic carbocycles. The molecule has 8 heteroatoms. The molecular weight excluding hydrogens is 336 g/mol. The minimum atomic E-state index is -0.788. The van der Waals surface area contributed by atoms with Gasteiger partial charge in [0.15, 0.2) is 0 Å². The molecule has 1 atom stereocenters. The van der Waals surface area contributed by atoms with Gasteiger partial charge >= 0.3 is 0 Å². The van der Waals surface area contributed by atoms with Crippen LogP contribution in [0.15, 0.2) is 24.3 Å². The summed E-state index contributed by atoms with van der Waals surface area (Å²) in [6, 6.07) is 6.94. The van der Waals surface area contributed by atoms with E-state index in [0.29, 0.717) is 19.4 Å². The van der Waals surface area contributed by atoms with E-state index in [2.05, 4.69) is 16.0 Å². The number of primary amides is 1. The first kappa shape index (κ1) is 21.1. The predicted molar refractivity (Wildman–Crippen MR) is 96.7 cm³/mol. The van der Waals surface area contributed by atoms with Gasteiger partial charge in [-0.2, -0.15) is 0 Å². The highest BCUT2D eigenvalue weighted by Crippen LogP contribution is 2.08. The van der Waals surface area contributed by atoms with Crippen molar-refractivity contribution in [2.75, 3.05) is 7.05 Å². The zero-order chi connectivity index (χ0) is 19.4. The highest BCUT2D eigenvalue weighted by Gasteiger charge is 2.17. The van der Waals surface area contributed by atoms with Crippen molar-refractivity contribution in [2.45, 2.75) is 44.7 Å². The topological polar surface area (TPSA) is 130 Å². The van der Waals surface area contributed by atoms with E-state index >= 15 is 0 Å². The maximum atomic E-state index is 12.1. The fourth-order valence-electron chi connectivity index (χ4n) is 2.37. The number of hydrogen-bond acceptors (Lipinski definition) is 4. The molecule has 0 saturated heterocycles. The van der Waals surface area contributed by atoms with Gasteiger partial charge < -0.3 is 21.7 Å². The van der Waals surface area contributed by atoms with E-state index in [-0.39, 0.29) is 24.7 Å². The Morgan fingerprint density at radius 1 is 1.12 bits per heavy atom. The van der Waals surface area contributed by atoms with E-state index in [1.807, 2.05) is 24.3 Å². The average molecular weight is 362 g/mol. The summed E-state index contributed by atoms with van der Waals surface area (Å²) < 4.78 is 0. The minimum Gasteiger partial charge on any atom is -0.370 e. The smallest absolute Gasteiger partial charge is 0.242 e. The van der Waals surface area contributed by atoms with Crippen LogP contribution in [0.1, 0.15) is 36.8 Å². The zero-order valence-electron chi connectivity index (χ0n) is 14.9. The molecule has 0 bridgehead atoms. The van der Waals surface area contributed by atoms with Gasteiger partial charge in [0.05, 0.1) is 0 Å². The van der Waals surface area contributed by atoms with Crippen molar-refractivity contribution >= 4 is 24.1 Å². The summed E-state index contributed by atoms with van der Waals surface area (Å²) >= 11 is 0. The Balaban J connectivity index is 2.45. The molecule has 0 heterocycles. The molecule has 0 aliphatic rings. The van der Waals surface area contributed by atoms with Crippen molar-refractivity contribution in [1.29, 1.82) is 0 Å². The summed E-state index contributed by atoms with van der Waals surface area (Å²) in [7, 11) is 1.62. The number of aryl methyl sites for hydroxylation is 1. The monoisotopic (exact) mass is 362 g/mol. The Bertz CT molecular complexity index is 616. The lowest BCUT2D eigenvalue weighted by Gasteiger charge is -2.15. The van der Waals surface area contributed by atoms with Gasteiger partial charge in [-0.15, -0.1) is 0 Å². The van der Waals surface area contributed by atoms with E-state index in [1.165, 1.54) is 0 Å². The van der Waals surface area contributed by atoms with Crippen LogP contribution in [0.3, 0.4) is 0 Å². The molecule has 0 aliphatic heterocycles. The van der Waals surface area contributed by atoms with Crippen LogP contribution in [0.2, 0.25) is 0 Å². The molecule has 0 unspecified atom stereocenters. The fourth-order valence-corrected chi connectivity index (χ4v) is 2.37. The third-order valence-corrected chi connectivity index (χ3v) is 3.90. The standard InChI is InChI=1S/C18H26N4O4/c1-20-17(25)4-2-3-13-5-7-14(8-6-13)11-21-18(26)15(22-12-23)9-10-16(19)24/h5-8,12,15H,2-4,9-11H2,1H3,(H2,19,24)(H,20,25)(H,21,26)(H,22,23)/t15-/m0/s1. The van der Waals surface area contributed by atoms with Gasteiger partial charge in [-0.25, -0.2) is 0 Å². The van der Waals surface area contributed by atoms with E-state index in [0.717, 1.165) is 24.0 Å². The number of rotatable bonds is 12. The lowest BCUT2D eigenvalue weighted by atomic mass is 10.1. The van der Waals surface area contributed by atoms with Crippen LogP contribution in [0.4, 0.5) is 0 Å². The number of carbonyl (C=O) groups excluding carboxylic acids is 4. The van der Waals surface area contributed by atoms with Crippen molar-refractivity contribution < 1.29 is 19.2 Å². The van der Waals surface area contributed by atoms with Crippen LogP contribution in [0, 0.1) is 0 Å². The zero-order valence-corrected chi connectivity index (χ0v) is 14.9. The molecule has 1 aromatic rings. The average Bonchev–Trinajstić information content (AvgIpc) is 2.63. The van der Waals surface area contributed by atoms with E-state index < -0.39 is 11.9 Å². The van der Waals surface area contributed by atoms with E-state index in [4.69, 9.17) is 5.73 Å². The van der Waals surface area contributed by atoms with Crippen LogP contribution >= 0.6 is 0 Å². The molecule has 1 rings (SSSR count). The molecule has 5 N–H and O–H groups in total. The third kappa shape index (κ3) is 8.27. The number of nitrogens with two attached hydrogens (primary N) is 1. The Kier molecular flexibility index (Phi) is 9.45. The maximum Gasteiger partial charge on any atom is 0.242 e. The van der Waals surface area contributed by atoms with Crippen LogP contribution < -0.4 is 21.7 Å². The molecule has 1 aromatic carbocycles. The second-order valence-corrected chi connectivity index (χ2v) is 5.90. The summed E-state index contributed by atoms with van der Waals surface area (Å²) in [5.74, 6) is -0.866. The first-order valence-electron chi connectivity index (χ1n) is 8.50. The number of hydrogen-bond donors (Lipinski definition) is 4. The van der Waals surface area contributed by atoms with Gasteiger partial charge in [-0.1, -0.05) is 24.3 Å². The first-order valence-corrected chi connectivity index (χ1v) is 8.50. The van der Waals surface area contributed by atoms with Crippen LogP contribution in [-0.2, 0) is 32.1 Å². The number of benzene rings is 1. The lowest BCUT2D eigenvalue weighted by Crippen LogP contribution is -2.43. The van der Waals surface area contributed by atoms with E-state index in [1.54, 1.807) is 7.05 Å². The Morgan fingerprint density at radius 2 is 1.77 bits per heavy atom. The Morgan fingerprint density at radius 3 is 2.35 bits per heavy atom. The van der Waals surface area contributed by atoms with Crippen LogP contribution in [-0.4, -0.2) is 37.2 Å². The molecule has 26 heavy (non-hydrogen) atoms. The summed E-state index contributed by atoms with van der Waals surface area (Å²) in [5.41, 5.74) is 7.09. The van der Waals surface area contributed by atoms with Crippen molar-refractivity contribution in [3.63, 3.8) is 0 Å². The van der Waals surface area contributed by atoms with Crippen molar-refractivity contribution in [3.05, 3.63) is 35.4 Å². The highest BCUT2D eigenvalue weighted by atomic mass is 16.2. The van der Waals surface area contributed by atoms with Gasteiger partial charge in [-0.05, 0) is 30.4 Å². The van der Waals surface area contributed by atoms with E-state index in [9.17, 15) is 19.2 Å². The quantitative estimate of drug-likeness (QED) is 0.382. The molecule has 0 saturated carbocycles. The highest BCUT2D eigenvalue weighted by molar-refractivity contribution is 5.84. The predicted octanol–water partition coefficient (Wildman–Crippen LogP) is -0.248. The molecule has 0 spiro atoms. The largest absolute Gasteiger partial charge is 0.370 e. The van der Waals surface area contributed by atoms with Gasteiger partial charge in [0, 0.05) is 26.4 Å². The normalized spacial score (nSPS) is 11.3. The maximum absolute atomic E-state index is 12.1. The van der Waals surface area contributed by atoms with Gasteiger partial charge in [0.25, 0.3) is 0 Å². The Hall–Kier alpha value is -2.90. The van der Waals surface area contributed by atoms with Crippen LogP contribution in [0.5, 0.6) is 0 Å². The lowest BCUT2D eigenvalue weighted by molar-refractivity contribution is -0.126. The van der Waals surface area contributed by atoms with Crippen molar-refractivity contribution in [2.24, 2.45) is 5.73 Å². The molecule has 4 amide bonds. The number of carbonyl (C=O) groups is 4. The molecule has 0 fully saturated rings. The second kappa shape index (κ2) is 11.6. The first-order chi connectivity index (χ1) is 12.5. The minimum absolute atomic E-state index is 0.0175. The summed E-state index contributed by atoms with van der Waals surface area (Å²) in [6.45, 7) is 0.310. The van der Waals surface area contributed by atoms with Crippen LogP contribution in [0.25, 0.3) is 0 Å². The fraction of sp³-hybridized carbons (Fsp3) is 0.444. The molecule has 142 valence electrons. The summed E-state index contributed by atoms with van der Waals surface area (Å²) in [6.07, 6.45) is 2.67. The number of nitrogens with one attached hydrogen (secondary N) is 3. The summed E-state index contributed by atoms with van der Waals surface area (Å²) in [5, 5.41) is 7.70. The molecule has 0 aromatic heterocycles. The van der Waals surface area contributed by atoms with Gasteiger partial charge in [-0.3, -0.25) is 19.2 Å². The van der Waals surface area contributed by atoms with Crippen molar-refractivity contribution in [1.82, 2.24) is 16.0 Å². The molecule has 8 nitrogen and oxygen atoms in total. The van der Waals surface area contributed by atoms with Gasteiger partial charge in [0.2, 0.25) is 24.1 Å². The molecular formula is C18H26N4O4. The molecule has 0 radical (unpaired) electrons.